The van der Waals surface area contributed by atoms with Crippen molar-refractivity contribution < 1.29 is 28.7 Å². The van der Waals surface area contributed by atoms with E-state index in [1.807, 2.05) is 12.2 Å². The molecule has 1 aromatic rings. The number of fused-ring (bicyclic) bond motifs is 2. The van der Waals surface area contributed by atoms with Crippen LogP contribution < -0.4 is 16.2 Å². The van der Waals surface area contributed by atoms with Gasteiger partial charge in [-0.3, -0.25) is 14.4 Å². The monoisotopic (exact) mass is 727 g/mol. The molecule has 236 valence electrons. The van der Waals surface area contributed by atoms with E-state index in [2.05, 4.69) is 47.6 Å². The molecular weight excluding hydrogens is 690 g/mol. The van der Waals surface area contributed by atoms with Gasteiger partial charge in [0.25, 0.3) is 5.56 Å². The smallest absolute Gasteiger partial charge is 0.408 e. The van der Waals surface area contributed by atoms with Gasteiger partial charge in [0.15, 0.2) is 0 Å². The number of halogens is 2. The Morgan fingerprint density at radius 2 is 1.93 bits per heavy atom. The van der Waals surface area contributed by atoms with Crippen LogP contribution in [0.2, 0.25) is 0 Å². The van der Waals surface area contributed by atoms with Gasteiger partial charge in [-0.05, 0) is 85.2 Å². The lowest BCUT2D eigenvalue weighted by Gasteiger charge is -2.30. The maximum absolute atomic E-state index is 14.1. The van der Waals surface area contributed by atoms with Crippen LogP contribution in [0.15, 0.2) is 32.1 Å². The Morgan fingerprint density at radius 3 is 2.63 bits per heavy atom. The lowest BCUT2D eigenvalue weighted by Crippen LogP contribution is -2.56. The number of alkyl carbamates (subject to hydrolysis) is 1. The Morgan fingerprint density at radius 1 is 1.19 bits per heavy atom. The maximum atomic E-state index is 14.1. The minimum atomic E-state index is -1.22. The van der Waals surface area contributed by atoms with Gasteiger partial charge < -0.3 is 25.0 Å². The molecule has 1 aromatic heterocycles. The molecule has 4 rings (SSSR count). The fourth-order valence-corrected chi connectivity index (χ4v) is 6.18. The minimum absolute atomic E-state index is 0.000134. The molecule has 1 saturated heterocycles. The van der Waals surface area contributed by atoms with E-state index in [-0.39, 0.29) is 30.0 Å². The number of nitrogens with zero attached hydrogens (tertiary/aromatic N) is 3. The molecule has 3 amide bonds. The van der Waals surface area contributed by atoms with Gasteiger partial charge in [-0.25, -0.2) is 14.3 Å². The number of hydrogen-bond donors (Lipinski definition) is 2. The molecule has 2 fully saturated rings. The van der Waals surface area contributed by atoms with Gasteiger partial charge in [0, 0.05) is 18.9 Å². The third-order valence-corrected chi connectivity index (χ3v) is 9.73. The van der Waals surface area contributed by atoms with Crippen LogP contribution in [0.5, 0.6) is 0 Å². The summed E-state index contributed by atoms with van der Waals surface area (Å²) in [5.74, 6) is -1.75. The predicted molar refractivity (Wildman–Crippen MR) is 164 cm³/mol. The van der Waals surface area contributed by atoms with E-state index in [1.165, 1.54) is 15.8 Å². The van der Waals surface area contributed by atoms with Crippen LogP contribution in [-0.2, 0) is 23.9 Å². The summed E-state index contributed by atoms with van der Waals surface area (Å²) in [6.45, 7) is 7.06. The van der Waals surface area contributed by atoms with Crippen molar-refractivity contribution in [1.82, 2.24) is 25.3 Å². The van der Waals surface area contributed by atoms with Crippen LogP contribution in [0.25, 0.3) is 0 Å². The van der Waals surface area contributed by atoms with Crippen LogP contribution in [-0.4, -0.2) is 74.9 Å². The molecule has 3 heterocycles. The molecule has 5 atom stereocenters. The van der Waals surface area contributed by atoms with E-state index < -0.39 is 58.7 Å². The molecule has 14 heteroatoms. The Kier molecular flexibility index (Phi) is 10.4. The molecule has 12 nitrogen and oxygen atoms in total. The van der Waals surface area contributed by atoms with E-state index >= 15 is 0 Å². The summed E-state index contributed by atoms with van der Waals surface area (Å²) in [6, 6.07) is -2.62. The van der Waals surface area contributed by atoms with Crippen molar-refractivity contribution in [1.29, 1.82) is 0 Å². The molecule has 1 unspecified atom stereocenters. The molecule has 43 heavy (non-hydrogen) atoms. The summed E-state index contributed by atoms with van der Waals surface area (Å²) < 4.78 is 12.8. The van der Waals surface area contributed by atoms with Gasteiger partial charge >= 0.3 is 12.1 Å². The first-order valence-corrected chi connectivity index (χ1v) is 16.2. The van der Waals surface area contributed by atoms with Crippen molar-refractivity contribution >= 4 is 55.7 Å². The highest BCUT2D eigenvalue weighted by atomic mass is 79.9. The Hall–Kier alpha value is -2.74. The summed E-state index contributed by atoms with van der Waals surface area (Å²) in [4.78, 5) is 68.4. The number of carbonyl (C=O) groups excluding carboxylic acids is 4. The topological polar surface area (TPSA) is 149 Å². The summed E-state index contributed by atoms with van der Waals surface area (Å²) in [5.41, 5.74) is -2.42. The third kappa shape index (κ3) is 7.68. The molecule has 0 spiro atoms. The van der Waals surface area contributed by atoms with Crippen molar-refractivity contribution in [2.45, 2.75) is 102 Å². The van der Waals surface area contributed by atoms with E-state index in [1.54, 1.807) is 27.7 Å². The number of allylic oxidation sites excluding steroid dienone is 1. The van der Waals surface area contributed by atoms with E-state index in [0.717, 1.165) is 19.3 Å². The predicted octanol–water partition coefficient (Wildman–Crippen LogP) is 3.76. The first-order valence-electron chi connectivity index (χ1n) is 14.7. The van der Waals surface area contributed by atoms with Gasteiger partial charge in [-0.2, -0.15) is 5.10 Å². The molecule has 1 aliphatic carbocycles. The maximum Gasteiger partial charge on any atom is 0.408 e. The zero-order chi connectivity index (χ0) is 31.5. The lowest BCUT2D eigenvalue weighted by atomic mass is 10.0. The first kappa shape index (κ1) is 33.2. The van der Waals surface area contributed by atoms with Crippen LogP contribution in [0.3, 0.4) is 0 Å². The highest BCUT2D eigenvalue weighted by Crippen LogP contribution is 2.46. The number of rotatable bonds is 4. The summed E-state index contributed by atoms with van der Waals surface area (Å²) in [6.07, 6.45) is 8.62. The van der Waals surface area contributed by atoms with E-state index in [9.17, 15) is 24.0 Å². The number of ether oxygens (including phenoxy) is 2. The van der Waals surface area contributed by atoms with Crippen LogP contribution in [0, 0.1) is 5.92 Å². The Bertz CT molecular complexity index is 1340. The number of amides is 3. The molecule has 2 N–H and O–H groups in total. The van der Waals surface area contributed by atoms with Crippen LogP contribution >= 0.6 is 31.9 Å². The number of aromatic nitrogens is 2. The standard InChI is InChI=1S/C29H39Br2N5O7/c1-5-42-26(40)29-14-17(29)11-9-7-6-8-10-12-20(33-27(41)43-28(2,3)4)24(38)35-16-18(13-21(35)23(37)34-29)36-25(39)22(31)19(30)15-32-36/h9,11,15,17-18,20-21H,5-8,10,12-14,16H2,1-4H3,(H,33,41)(H,34,37)/t17-,18-,20+,21?,29-/m1/s1. The summed E-state index contributed by atoms with van der Waals surface area (Å²) in [7, 11) is 0. The van der Waals surface area contributed by atoms with Gasteiger partial charge in [-0.15, -0.1) is 0 Å². The average molecular weight is 729 g/mol. The quantitative estimate of drug-likeness (QED) is 0.352. The SMILES string of the molecule is CCOC(=O)[C@@]12C[C@H]1C=CCCCCC[C@H](NC(=O)OC(C)(C)C)C(=O)N1C[C@H](n3ncc(Br)c(Br)c3=O)CC1C(=O)N2. The summed E-state index contributed by atoms with van der Waals surface area (Å²) in [5, 5.41) is 9.89. The second kappa shape index (κ2) is 13.5. The molecule has 0 bridgehead atoms. The van der Waals surface area contributed by atoms with Crippen LogP contribution in [0.4, 0.5) is 4.79 Å². The Labute approximate surface area is 267 Å². The fraction of sp³-hybridized carbons (Fsp3) is 0.655. The molecular formula is C29H39Br2N5O7. The molecule has 2 aliphatic heterocycles. The zero-order valence-corrected chi connectivity index (χ0v) is 28.0. The first-order chi connectivity index (χ1) is 20.3. The molecule has 0 aromatic carbocycles. The number of carbonyl (C=O) groups is 4. The van der Waals surface area contributed by atoms with Gasteiger partial charge in [0.05, 0.1) is 23.3 Å². The lowest BCUT2D eigenvalue weighted by molar-refractivity contribution is -0.150. The molecule has 1 saturated carbocycles. The number of hydrogen-bond acceptors (Lipinski definition) is 8. The van der Waals surface area contributed by atoms with Crippen molar-refractivity contribution in [3.8, 4) is 0 Å². The van der Waals surface area contributed by atoms with Gasteiger partial charge in [0.1, 0.15) is 27.7 Å². The number of nitrogens with one attached hydrogen (secondary N) is 2. The van der Waals surface area contributed by atoms with Crippen LogP contribution in [0.1, 0.15) is 78.7 Å². The Balaban J connectivity index is 1.70. The highest BCUT2D eigenvalue weighted by Gasteiger charge is 2.62. The van der Waals surface area contributed by atoms with E-state index in [4.69, 9.17) is 9.47 Å². The average Bonchev–Trinajstić information content (AvgIpc) is 3.44. The van der Waals surface area contributed by atoms with Crippen molar-refractivity contribution in [3.05, 3.63) is 37.6 Å². The van der Waals surface area contributed by atoms with Gasteiger partial charge in [-0.1, -0.05) is 25.0 Å². The normalized spacial score (nSPS) is 28.1. The zero-order valence-electron chi connectivity index (χ0n) is 24.9. The van der Waals surface area contributed by atoms with Crippen molar-refractivity contribution in [2.24, 2.45) is 5.92 Å². The van der Waals surface area contributed by atoms with Gasteiger partial charge in [0.2, 0.25) is 11.8 Å². The molecule has 0 radical (unpaired) electrons. The number of esters is 1. The van der Waals surface area contributed by atoms with Crippen molar-refractivity contribution in [2.75, 3.05) is 13.2 Å². The van der Waals surface area contributed by atoms with E-state index in [0.29, 0.717) is 23.7 Å². The third-order valence-electron chi connectivity index (χ3n) is 7.83. The minimum Gasteiger partial charge on any atom is -0.464 e. The second-order valence-corrected chi connectivity index (χ2v) is 13.9. The second-order valence-electron chi connectivity index (χ2n) is 12.2. The highest BCUT2D eigenvalue weighted by molar-refractivity contribution is 9.13. The fourth-order valence-electron chi connectivity index (χ4n) is 5.64. The van der Waals surface area contributed by atoms with Crippen molar-refractivity contribution in [3.63, 3.8) is 0 Å². The molecule has 3 aliphatic rings. The largest absolute Gasteiger partial charge is 0.464 e. The summed E-state index contributed by atoms with van der Waals surface area (Å²) >= 11 is 6.56.